The molecule has 0 saturated heterocycles. The van der Waals surface area contributed by atoms with Gasteiger partial charge in [-0.2, -0.15) is 0 Å². The van der Waals surface area contributed by atoms with Gasteiger partial charge in [0.15, 0.2) is 11.1 Å². The molecule has 4 rings (SSSR count). The summed E-state index contributed by atoms with van der Waals surface area (Å²) < 4.78 is 48.4. The van der Waals surface area contributed by atoms with E-state index in [4.69, 9.17) is 23.2 Å². The molecule has 2 atom stereocenters. The first-order valence-electron chi connectivity index (χ1n) is 12.1. The molecule has 0 aliphatic carbocycles. The molecular weight excluding hydrogens is 601 g/mol. The third-order valence-electron chi connectivity index (χ3n) is 6.48. The van der Waals surface area contributed by atoms with Crippen LogP contribution in [0.15, 0.2) is 59.5 Å². The summed E-state index contributed by atoms with van der Waals surface area (Å²) in [4.78, 5) is 39.3. The molecule has 0 bridgehead atoms. The summed E-state index contributed by atoms with van der Waals surface area (Å²) in [7, 11) is 0. The number of carbonyl (C=O) groups excluding carboxylic acids is 2. The maximum Gasteiger partial charge on any atom is 0.326 e. The van der Waals surface area contributed by atoms with Crippen molar-refractivity contribution in [2.45, 2.75) is 30.3 Å². The molecule has 3 aromatic carbocycles. The van der Waals surface area contributed by atoms with Gasteiger partial charge in [0.2, 0.25) is 5.91 Å². The first-order valence-corrected chi connectivity index (χ1v) is 14.0. The minimum Gasteiger partial charge on any atom is -0.480 e. The van der Waals surface area contributed by atoms with Crippen LogP contribution in [0.25, 0.3) is 6.08 Å². The SMILES string of the molecule is O=C(N[C@@H](Cc1cccc(S(=O)O)c1)C(=O)O)c1c(Cl)cc2c(c1Cl)CCN(C(=O)/C=C/c1c(F)cccc1F)C2. The summed E-state index contributed by atoms with van der Waals surface area (Å²) in [6, 6.07) is 9.29. The van der Waals surface area contributed by atoms with Crippen molar-refractivity contribution in [2.24, 2.45) is 0 Å². The van der Waals surface area contributed by atoms with Gasteiger partial charge in [0.05, 0.1) is 20.5 Å². The zero-order chi connectivity index (χ0) is 29.8. The molecule has 13 heteroatoms. The van der Waals surface area contributed by atoms with Crippen LogP contribution < -0.4 is 5.32 Å². The zero-order valence-corrected chi connectivity index (χ0v) is 23.4. The third kappa shape index (κ3) is 6.99. The summed E-state index contributed by atoms with van der Waals surface area (Å²) in [5.41, 5.74) is 1.07. The average molecular weight is 623 g/mol. The molecule has 8 nitrogen and oxygen atoms in total. The van der Waals surface area contributed by atoms with Crippen molar-refractivity contribution in [1.29, 1.82) is 0 Å². The normalized spacial score (nSPS) is 14.4. The van der Waals surface area contributed by atoms with E-state index >= 15 is 0 Å². The third-order valence-corrected chi connectivity index (χ3v) is 7.85. The van der Waals surface area contributed by atoms with Gasteiger partial charge in [-0.15, -0.1) is 0 Å². The van der Waals surface area contributed by atoms with E-state index in [0.29, 0.717) is 16.7 Å². The number of carbonyl (C=O) groups is 3. The number of rotatable bonds is 8. The van der Waals surface area contributed by atoms with E-state index in [0.717, 1.165) is 24.3 Å². The molecule has 1 unspecified atom stereocenters. The van der Waals surface area contributed by atoms with Crippen molar-refractivity contribution in [3.63, 3.8) is 0 Å². The van der Waals surface area contributed by atoms with E-state index in [1.165, 1.54) is 35.2 Å². The molecule has 1 aliphatic heterocycles. The fraction of sp³-hybridized carbons (Fsp3) is 0.179. The molecule has 214 valence electrons. The van der Waals surface area contributed by atoms with Crippen LogP contribution in [0.1, 0.15) is 32.6 Å². The zero-order valence-electron chi connectivity index (χ0n) is 21.1. The molecule has 0 aromatic heterocycles. The van der Waals surface area contributed by atoms with Gasteiger partial charge in [0.25, 0.3) is 5.91 Å². The molecule has 1 aliphatic rings. The van der Waals surface area contributed by atoms with Crippen molar-refractivity contribution >= 4 is 58.1 Å². The van der Waals surface area contributed by atoms with E-state index in [-0.39, 0.29) is 52.0 Å². The smallest absolute Gasteiger partial charge is 0.326 e. The monoisotopic (exact) mass is 622 g/mol. The molecule has 2 amide bonds. The molecule has 3 N–H and O–H groups in total. The van der Waals surface area contributed by atoms with Crippen molar-refractivity contribution in [3.8, 4) is 0 Å². The minimum absolute atomic E-state index is 0.0166. The quantitative estimate of drug-likeness (QED) is 0.243. The summed E-state index contributed by atoms with van der Waals surface area (Å²) >= 11 is 10.7. The van der Waals surface area contributed by atoms with Crippen LogP contribution in [0, 0.1) is 11.6 Å². The lowest BCUT2D eigenvalue weighted by Crippen LogP contribution is -2.42. The van der Waals surface area contributed by atoms with E-state index in [1.807, 2.05) is 0 Å². The Hall–Kier alpha value is -3.64. The minimum atomic E-state index is -2.26. The van der Waals surface area contributed by atoms with Crippen molar-refractivity contribution in [2.75, 3.05) is 6.54 Å². The molecule has 41 heavy (non-hydrogen) atoms. The highest BCUT2D eigenvalue weighted by molar-refractivity contribution is 7.79. The van der Waals surface area contributed by atoms with E-state index in [9.17, 15) is 37.0 Å². The van der Waals surface area contributed by atoms with Crippen molar-refractivity contribution < 1.29 is 37.0 Å². The maximum absolute atomic E-state index is 13.9. The Labute approximate surface area is 245 Å². The fourth-order valence-corrected chi connectivity index (χ4v) is 5.64. The van der Waals surface area contributed by atoms with E-state index in [1.54, 1.807) is 6.07 Å². The number of hydrogen-bond acceptors (Lipinski definition) is 4. The Bertz CT molecular complexity index is 1580. The van der Waals surface area contributed by atoms with Gasteiger partial charge in [-0.1, -0.05) is 41.4 Å². The fourth-order valence-electron chi connectivity index (χ4n) is 4.43. The number of benzene rings is 3. The second kappa shape index (κ2) is 12.9. The first kappa shape index (κ1) is 30.3. The number of halogens is 4. The van der Waals surface area contributed by atoms with Gasteiger partial charge in [-0.25, -0.2) is 17.8 Å². The number of nitrogens with zero attached hydrogens (tertiary/aromatic N) is 1. The maximum atomic E-state index is 13.9. The lowest BCUT2D eigenvalue weighted by molar-refractivity contribution is -0.139. The Morgan fingerprint density at radius 1 is 1.10 bits per heavy atom. The number of hydrogen-bond donors (Lipinski definition) is 3. The molecule has 1 heterocycles. The Balaban J connectivity index is 1.51. The highest BCUT2D eigenvalue weighted by Crippen LogP contribution is 2.35. The van der Waals surface area contributed by atoms with Gasteiger partial charge in [-0.05, 0) is 59.5 Å². The molecular formula is C28H22Cl2F2N2O6S. The Morgan fingerprint density at radius 3 is 2.44 bits per heavy atom. The number of aliphatic carboxylic acids is 1. The van der Waals surface area contributed by atoms with Crippen molar-refractivity contribution in [1.82, 2.24) is 10.2 Å². The number of fused-ring (bicyclic) bond motifs is 1. The summed E-state index contributed by atoms with van der Waals surface area (Å²) in [5.74, 6) is -4.27. The standard InChI is InChI=1S/C28H22Cl2F2N2O6S/c29-20-13-16-14-34(24(35)8-7-19-21(31)5-2-6-22(19)32)10-9-18(16)26(30)25(20)27(36)33-23(28(37)38)12-15-3-1-4-17(11-15)41(39)40/h1-8,11,13,23H,9-10,12,14H2,(H,33,36)(H,37,38)(H,39,40)/b8-7+/t23-/m0/s1. The molecule has 3 aromatic rings. The lowest BCUT2D eigenvalue weighted by Gasteiger charge is -2.29. The number of carboxylic acids is 1. The van der Waals surface area contributed by atoms with E-state index < -0.39 is 46.5 Å². The van der Waals surface area contributed by atoms with Crippen LogP contribution in [-0.2, 0) is 40.1 Å². The van der Waals surface area contributed by atoms with E-state index in [2.05, 4.69) is 5.32 Å². The highest BCUT2D eigenvalue weighted by atomic mass is 35.5. The van der Waals surface area contributed by atoms with Gasteiger partial charge < -0.3 is 19.9 Å². The predicted octanol–water partition coefficient (Wildman–Crippen LogP) is 4.88. The topological polar surface area (TPSA) is 124 Å². The second-order valence-electron chi connectivity index (χ2n) is 9.13. The van der Waals surface area contributed by atoms with Crippen LogP contribution in [0.4, 0.5) is 8.78 Å². The van der Waals surface area contributed by atoms with Crippen molar-refractivity contribution in [3.05, 3.63) is 104 Å². The van der Waals surface area contributed by atoms with Crippen LogP contribution in [0.2, 0.25) is 10.0 Å². The Kier molecular flexibility index (Phi) is 9.54. The summed E-state index contributed by atoms with van der Waals surface area (Å²) in [5, 5.41) is 12.1. The molecule has 0 spiro atoms. The number of amides is 2. The second-order valence-corrected chi connectivity index (χ2v) is 10.9. The van der Waals surface area contributed by atoms with Gasteiger partial charge in [-0.3, -0.25) is 9.59 Å². The molecule has 0 fully saturated rings. The average Bonchev–Trinajstić information content (AvgIpc) is 2.92. The van der Waals surface area contributed by atoms with Crippen LogP contribution >= 0.6 is 23.2 Å². The Morgan fingerprint density at radius 2 is 1.78 bits per heavy atom. The first-order chi connectivity index (χ1) is 19.5. The number of nitrogens with one attached hydrogen (secondary N) is 1. The predicted molar refractivity (Wildman–Crippen MR) is 149 cm³/mol. The van der Waals surface area contributed by atoms with Crippen LogP contribution in [0.3, 0.4) is 0 Å². The molecule has 0 saturated carbocycles. The van der Waals surface area contributed by atoms with Crippen LogP contribution in [0.5, 0.6) is 0 Å². The van der Waals surface area contributed by atoms with Gasteiger partial charge in [0, 0.05) is 31.1 Å². The largest absolute Gasteiger partial charge is 0.480 e. The van der Waals surface area contributed by atoms with Gasteiger partial charge in [0.1, 0.15) is 17.7 Å². The highest BCUT2D eigenvalue weighted by Gasteiger charge is 2.29. The van der Waals surface area contributed by atoms with Crippen LogP contribution in [-0.4, -0.2) is 49.1 Å². The van der Waals surface area contributed by atoms with Gasteiger partial charge >= 0.3 is 5.97 Å². The summed E-state index contributed by atoms with van der Waals surface area (Å²) in [6.07, 6.45) is 2.20. The summed E-state index contributed by atoms with van der Waals surface area (Å²) in [6.45, 7) is 0.262. The molecule has 0 radical (unpaired) electrons. The number of carboxylic acid groups (broad SMARTS) is 1. The lowest BCUT2D eigenvalue weighted by atomic mass is 9.96.